The molecule has 0 saturated heterocycles. The number of nitrogens with zero attached hydrogens (tertiary/aromatic N) is 1. The average molecular weight is 475 g/mol. The number of carbonyl (C=O) groups excluding carboxylic acids is 1. The Morgan fingerprint density at radius 1 is 1.12 bits per heavy atom. The zero-order valence-corrected chi connectivity index (χ0v) is 19.9. The third-order valence-corrected chi connectivity index (χ3v) is 6.74. The normalized spacial score (nSPS) is 12.4. The van der Waals surface area contributed by atoms with Crippen molar-refractivity contribution in [2.75, 3.05) is 23.7 Å². The van der Waals surface area contributed by atoms with Crippen LogP contribution in [0.15, 0.2) is 60.7 Å². The van der Waals surface area contributed by atoms with Crippen molar-refractivity contribution < 1.29 is 17.9 Å². The molecule has 3 aromatic carbocycles. The second-order valence-corrected chi connectivity index (χ2v) is 9.80. The SMILES string of the molecule is CCC(C(=O)NCCOc1cccc2ccccc12)N(c1ccc(C)c(Cl)c1)S(C)(=O)=O. The molecule has 0 heterocycles. The minimum absolute atomic E-state index is 0.241. The maximum Gasteiger partial charge on any atom is 0.244 e. The number of hydrogen-bond donors (Lipinski definition) is 1. The molecule has 6 nitrogen and oxygen atoms in total. The predicted molar refractivity (Wildman–Crippen MR) is 130 cm³/mol. The molecule has 3 rings (SSSR count). The van der Waals surface area contributed by atoms with Gasteiger partial charge in [-0.3, -0.25) is 9.10 Å². The molecule has 1 N–H and O–H groups in total. The summed E-state index contributed by atoms with van der Waals surface area (Å²) in [6.45, 7) is 4.10. The van der Waals surface area contributed by atoms with Crippen molar-refractivity contribution in [3.8, 4) is 5.75 Å². The average Bonchev–Trinajstić information content (AvgIpc) is 2.76. The summed E-state index contributed by atoms with van der Waals surface area (Å²) in [4.78, 5) is 12.9. The standard InChI is InChI=1S/C24H27ClN2O4S/c1-4-22(27(32(3,29)30)19-13-12-17(2)21(25)16-19)24(28)26-14-15-31-23-11-7-9-18-8-5-6-10-20(18)23/h5-13,16,22H,4,14-15H2,1-3H3,(H,26,28). The first-order valence-electron chi connectivity index (χ1n) is 10.4. The predicted octanol–water partition coefficient (Wildman–Crippen LogP) is 4.54. The number of carbonyl (C=O) groups is 1. The van der Waals surface area contributed by atoms with Crippen molar-refractivity contribution in [1.29, 1.82) is 0 Å². The molecule has 1 unspecified atom stereocenters. The number of sulfonamides is 1. The molecule has 1 atom stereocenters. The fourth-order valence-electron chi connectivity index (χ4n) is 3.55. The quantitative estimate of drug-likeness (QED) is 0.462. The van der Waals surface area contributed by atoms with Gasteiger partial charge in [0, 0.05) is 10.4 Å². The Morgan fingerprint density at radius 2 is 1.84 bits per heavy atom. The molecule has 0 aromatic heterocycles. The molecule has 0 radical (unpaired) electrons. The molecule has 0 aliphatic carbocycles. The van der Waals surface area contributed by atoms with E-state index in [1.807, 2.05) is 49.4 Å². The molecule has 0 aliphatic rings. The monoisotopic (exact) mass is 474 g/mol. The highest BCUT2D eigenvalue weighted by Crippen LogP contribution is 2.28. The molecular formula is C24H27ClN2O4S. The maximum atomic E-state index is 12.9. The third kappa shape index (κ3) is 5.53. The van der Waals surface area contributed by atoms with E-state index in [-0.39, 0.29) is 13.2 Å². The van der Waals surface area contributed by atoms with Crippen LogP contribution in [0.1, 0.15) is 18.9 Å². The number of rotatable bonds is 9. The Bertz CT molecular complexity index is 1210. The van der Waals surface area contributed by atoms with Crippen LogP contribution in [0.3, 0.4) is 0 Å². The highest BCUT2D eigenvalue weighted by molar-refractivity contribution is 7.92. The zero-order valence-electron chi connectivity index (χ0n) is 18.3. The number of fused-ring (bicyclic) bond motifs is 1. The van der Waals surface area contributed by atoms with E-state index < -0.39 is 22.0 Å². The second kappa shape index (κ2) is 10.2. The highest BCUT2D eigenvalue weighted by atomic mass is 35.5. The van der Waals surface area contributed by atoms with Crippen LogP contribution in [-0.2, 0) is 14.8 Å². The van der Waals surface area contributed by atoms with Gasteiger partial charge in [0.2, 0.25) is 15.9 Å². The van der Waals surface area contributed by atoms with E-state index in [1.54, 1.807) is 25.1 Å². The van der Waals surface area contributed by atoms with E-state index in [0.29, 0.717) is 17.1 Å². The molecule has 1 amide bonds. The van der Waals surface area contributed by atoms with Crippen LogP contribution in [0.25, 0.3) is 10.8 Å². The summed E-state index contributed by atoms with van der Waals surface area (Å²) in [5.41, 5.74) is 1.18. The number of hydrogen-bond acceptors (Lipinski definition) is 4. The number of ether oxygens (including phenoxy) is 1. The summed E-state index contributed by atoms with van der Waals surface area (Å²) >= 11 is 6.20. The highest BCUT2D eigenvalue weighted by Gasteiger charge is 2.31. The molecule has 0 saturated carbocycles. The largest absolute Gasteiger partial charge is 0.491 e. The summed E-state index contributed by atoms with van der Waals surface area (Å²) in [7, 11) is -3.72. The molecular weight excluding hydrogens is 448 g/mol. The summed E-state index contributed by atoms with van der Waals surface area (Å²) in [5, 5.41) is 5.30. The van der Waals surface area contributed by atoms with Gasteiger partial charge in [-0.25, -0.2) is 8.42 Å². The van der Waals surface area contributed by atoms with E-state index in [2.05, 4.69) is 5.32 Å². The van der Waals surface area contributed by atoms with Crippen LogP contribution in [0, 0.1) is 6.92 Å². The van der Waals surface area contributed by atoms with Gasteiger partial charge in [0.05, 0.1) is 18.5 Å². The van der Waals surface area contributed by atoms with Crippen LogP contribution in [0.2, 0.25) is 5.02 Å². The van der Waals surface area contributed by atoms with Crippen LogP contribution in [0.5, 0.6) is 5.75 Å². The Labute approximate surface area is 194 Å². The minimum atomic E-state index is -3.72. The van der Waals surface area contributed by atoms with Crippen LogP contribution >= 0.6 is 11.6 Å². The first kappa shape index (κ1) is 23.9. The lowest BCUT2D eigenvalue weighted by Gasteiger charge is -2.30. The van der Waals surface area contributed by atoms with Gasteiger partial charge in [-0.2, -0.15) is 0 Å². The van der Waals surface area contributed by atoms with Crippen molar-refractivity contribution in [3.63, 3.8) is 0 Å². The molecule has 3 aromatic rings. The van der Waals surface area contributed by atoms with E-state index in [4.69, 9.17) is 16.3 Å². The first-order valence-corrected chi connectivity index (χ1v) is 12.6. The van der Waals surface area contributed by atoms with Crippen LogP contribution in [-0.4, -0.2) is 39.8 Å². The number of anilines is 1. The number of nitrogens with one attached hydrogen (secondary N) is 1. The molecule has 0 bridgehead atoms. The van der Waals surface area contributed by atoms with Gasteiger partial charge < -0.3 is 10.1 Å². The second-order valence-electron chi connectivity index (χ2n) is 7.53. The fourth-order valence-corrected chi connectivity index (χ4v) is 4.93. The van der Waals surface area contributed by atoms with Gasteiger partial charge in [-0.1, -0.05) is 61.0 Å². The molecule has 0 aliphatic heterocycles. The Balaban J connectivity index is 1.69. The summed E-state index contributed by atoms with van der Waals surface area (Å²) in [6, 6.07) is 17.8. The van der Waals surface area contributed by atoms with Gasteiger partial charge in [-0.05, 0) is 42.5 Å². The molecule has 0 spiro atoms. The Kier molecular flexibility index (Phi) is 7.64. The van der Waals surface area contributed by atoms with Crippen molar-refractivity contribution in [2.24, 2.45) is 0 Å². The minimum Gasteiger partial charge on any atom is -0.491 e. The van der Waals surface area contributed by atoms with E-state index in [0.717, 1.165) is 32.6 Å². The lowest BCUT2D eigenvalue weighted by Crippen LogP contribution is -2.50. The summed E-state index contributed by atoms with van der Waals surface area (Å²) in [6.07, 6.45) is 1.38. The lowest BCUT2D eigenvalue weighted by molar-refractivity contribution is -0.122. The van der Waals surface area contributed by atoms with E-state index >= 15 is 0 Å². The summed E-state index contributed by atoms with van der Waals surface area (Å²) < 4.78 is 32.1. The van der Waals surface area contributed by atoms with Crippen LogP contribution in [0.4, 0.5) is 5.69 Å². The smallest absolute Gasteiger partial charge is 0.244 e. The maximum absolute atomic E-state index is 12.9. The van der Waals surface area contributed by atoms with Crippen LogP contribution < -0.4 is 14.4 Å². The van der Waals surface area contributed by atoms with Gasteiger partial charge in [-0.15, -0.1) is 0 Å². The molecule has 0 fully saturated rings. The van der Waals surface area contributed by atoms with Gasteiger partial charge in [0.25, 0.3) is 0 Å². The van der Waals surface area contributed by atoms with Crippen molar-refractivity contribution in [3.05, 3.63) is 71.2 Å². The zero-order chi connectivity index (χ0) is 23.3. The number of benzene rings is 3. The van der Waals surface area contributed by atoms with Gasteiger partial charge >= 0.3 is 0 Å². The fraction of sp³-hybridized carbons (Fsp3) is 0.292. The van der Waals surface area contributed by atoms with Crippen molar-refractivity contribution >= 4 is 44.0 Å². The third-order valence-electron chi connectivity index (χ3n) is 5.15. The molecule has 32 heavy (non-hydrogen) atoms. The topological polar surface area (TPSA) is 75.7 Å². The first-order chi connectivity index (χ1) is 15.2. The summed E-state index contributed by atoms with van der Waals surface area (Å²) in [5.74, 6) is 0.340. The molecule has 170 valence electrons. The number of aryl methyl sites for hydroxylation is 1. The van der Waals surface area contributed by atoms with E-state index in [9.17, 15) is 13.2 Å². The number of amides is 1. The van der Waals surface area contributed by atoms with Gasteiger partial charge in [0.15, 0.2) is 0 Å². The molecule has 8 heteroatoms. The Hall–Kier alpha value is -2.77. The van der Waals surface area contributed by atoms with Crippen molar-refractivity contribution in [2.45, 2.75) is 26.3 Å². The number of halogens is 1. The van der Waals surface area contributed by atoms with Gasteiger partial charge in [0.1, 0.15) is 18.4 Å². The van der Waals surface area contributed by atoms with E-state index in [1.165, 1.54) is 0 Å². The Morgan fingerprint density at radius 3 is 2.53 bits per heavy atom. The lowest BCUT2D eigenvalue weighted by atomic mass is 10.1. The van der Waals surface area contributed by atoms with Crippen molar-refractivity contribution in [1.82, 2.24) is 5.32 Å².